The number of carbonyl (C=O) groups excluding carboxylic acids is 3. The van der Waals surface area contributed by atoms with E-state index in [1.165, 1.54) is 4.90 Å². The monoisotopic (exact) mass is 463 g/mol. The molecule has 1 aromatic rings. The first-order valence-corrected chi connectivity index (χ1v) is 10.8. The summed E-state index contributed by atoms with van der Waals surface area (Å²) in [5.74, 6) is -1.66. The Balaban J connectivity index is 1.79. The molecule has 2 unspecified atom stereocenters. The number of anilines is 1. The van der Waals surface area contributed by atoms with Gasteiger partial charge in [0.05, 0.1) is 11.8 Å². The van der Waals surface area contributed by atoms with E-state index in [9.17, 15) is 14.4 Å². The fourth-order valence-electron chi connectivity index (χ4n) is 5.13. The molecule has 3 amide bonds. The number of nitrogens with zero attached hydrogens (tertiary/aromatic N) is 1. The molecule has 0 aliphatic carbocycles. The highest BCUT2D eigenvalue weighted by Crippen LogP contribution is 2.54. The van der Waals surface area contributed by atoms with Crippen molar-refractivity contribution in [1.82, 2.24) is 10.2 Å². The number of halogens is 1. The van der Waals surface area contributed by atoms with Crippen LogP contribution in [0.3, 0.4) is 0 Å². The molecule has 2 saturated heterocycles. The number of methoxy groups -OCH3 is 1. The smallest absolute Gasteiger partial charge is 0.250 e. The summed E-state index contributed by atoms with van der Waals surface area (Å²) in [7, 11) is 1.59. The van der Waals surface area contributed by atoms with Crippen molar-refractivity contribution in [2.45, 2.75) is 38.3 Å². The number of benzene rings is 1. The lowest BCUT2D eigenvalue weighted by molar-refractivity contribution is -0.143. The van der Waals surface area contributed by atoms with E-state index in [2.05, 4.69) is 40.4 Å². The Hall–Kier alpha value is -1.77. The van der Waals surface area contributed by atoms with Gasteiger partial charge in [-0.3, -0.25) is 24.6 Å². The van der Waals surface area contributed by atoms with Crippen molar-refractivity contribution >= 4 is 39.3 Å². The number of ether oxygens (including phenoxy) is 1. The molecule has 8 heteroatoms. The average molecular weight is 464 g/mol. The van der Waals surface area contributed by atoms with Crippen LogP contribution in [-0.2, 0) is 24.7 Å². The van der Waals surface area contributed by atoms with Crippen molar-refractivity contribution in [2.24, 2.45) is 17.8 Å². The van der Waals surface area contributed by atoms with Gasteiger partial charge in [0.25, 0.3) is 0 Å². The SMILES string of the molecule is COCCCN1C(=O)[C@@H]2C(CC(C)C)NC3(C(=O)Nc4ccc(Br)cc43)[C@@H]2C1=O. The van der Waals surface area contributed by atoms with Crippen molar-refractivity contribution < 1.29 is 19.1 Å². The van der Waals surface area contributed by atoms with Crippen molar-refractivity contribution in [1.29, 1.82) is 0 Å². The third kappa shape index (κ3) is 3.04. The maximum atomic E-state index is 13.5. The lowest BCUT2D eigenvalue weighted by Gasteiger charge is -2.30. The van der Waals surface area contributed by atoms with Gasteiger partial charge in [-0.1, -0.05) is 29.8 Å². The van der Waals surface area contributed by atoms with Gasteiger partial charge < -0.3 is 10.1 Å². The van der Waals surface area contributed by atoms with E-state index in [0.29, 0.717) is 37.6 Å². The Morgan fingerprint density at radius 3 is 2.69 bits per heavy atom. The zero-order valence-corrected chi connectivity index (χ0v) is 18.4. The highest BCUT2D eigenvalue weighted by atomic mass is 79.9. The summed E-state index contributed by atoms with van der Waals surface area (Å²) in [6, 6.07) is 5.32. The standard InChI is InChI=1S/C21H26BrN3O4/c1-11(2)9-15-16-17(19(27)25(18(16)26)7-4-8-29-3)21(24-15)13-10-12(22)5-6-14(13)23-20(21)28/h5-6,10-11,15-17,24H,4,7-9H2,1-3H3,(H,23,28)/t15?,16-,17+,21?/m1/s1. The van der Waals surface area contributed by atoms with Gasteiger partial charge in [0.15, 0.2) is 0 Å². The summed E-state index contributed by atoms with van der Waals surface area (Å²) >= 11 is 3.48. The normalized spacial score (nSPS) is 30.4. The molecule has 156 valence electrons. The van der Waals surface area contributed by atoms with Crippen LogP contribution < -0.4 is 10.6 Å². The molecule has 0 saturated carbocycles. The van der Waals surface area contributed by atoms with E-state index in [1.54, 1.807) is 7.11 Å². The second-order valence-corrected chi connectivity index (χ2v) is 9.43. The molecule has 2 N–H and O–H groups in total. The number of likely N-dealkylation sites (tertiary alicyclic amines) is 1. The van der Waals surface area contributed by atoms with Crippen LogP contribution >= 0.6 is 15.9 Å². The van der Waals surface area contributed by atoms with Crippen LogP contribution in [0.4, 0.5) is 5.69 Å². The van der Waals surface area contributed by atoms with E-state index >= 15 is 0 Å². The number of amides is 3. The molecule has 4 atom stereocenters. The molecule has 3 aliphatic heterocycles. The summed E-state index contributed by atoms with van der Waals surface area (Å²) in [6.45, 7) is 4.95. The first kappa shape index (κ1) is 20.5. The minimum Gasteiger partial charge on any atom is -0.385 e. The first-order chi connectivity index (χ1) is 13.8. The molecule has 1 spiro atoms. The number of carbonyl (C=O) groups is 3. The number of nitrogens with one attached hydrogen (secondary N) is 2. The molecule has 4 rings (SSSR count). The van der Waals surface area contributed by atoms with E-state index in [4.69, 9.17) is 4.74 Å². The predicted octanol–water partition coefficient (Wildman–Crippen LogP) is 2.25. The van der Waals surface area contributed by atoms with Gasteiger partial charge in [0.1, 0.15) is 5.54 Å². The largest absolute Gasteiger partial charge is 0.385 e. The van der Waals surface area contributed by atoms with Crippen molar-refractivity contribution in [3.63, 3.8) is 0 Å². The first-order valence-electron chi connectivity index (χ1n) is 10.0. The van der Waals surface area contributed by atoms with E-state index in [1.807, 2.05) is 18.2 Å². The lowest BCUT2D eigenvalue weighted by atomic mass is 9.76. The molecule has 0 radical (unpaired) electrons. The fraction of sp³-hybridized carbons (Fsp3) is 0.571. The van der Waals surface area contributed by atoms with Crippen molar-refractivity contribution in [3.8, 4) is 0 Å². The van der Waals surface area contributed by atoms with Crippen LogP contribution in [-0.4, -0.2) is 48.9 Å². The van der Waals surface area contributed by atoms with Gasteiger partial charge in [-0.25, -0.2) is 0 Å². The molecule has 2 fully saturated rings. The van der Waals surface area contributed by atoms with E-state index in [0.717, 1.165) is 10.0 Å². The Bertz CT molecular complexity index is 873. The third-order valence-corrected chi connectivity index (χ3v) is 6.72. The van der Waals surface area contributed by atoms with Crippen LogP contribution in [0.2, 0.25) is 0 Å². The maximum Gasteiger partial charge on any atom is 0.250 e. The molecule has 7 nitrogen and oxygen atoms in total. The number of hydrogen-bond acceptors (Lipinski definition) is 5. The van der Waals surface area contributed by atoms with Gasteiger partial charge in [0, 0.05) is 42.0 Å². The number of imide groups is 1. The summed E-state index contributed by atoms with van der Waals surface area (Å²) in [4.78, 5) is 41.4. The summed E-state index contributed by atoms with van der Waals surface area (Å²) < 4.78 is 5.90. The minimum atomic E-state index is -1.22. The molecular weight excluding hydrogens is 438 g/mol. The van der Waals surface area contributed by atoms with Crippen molar-refractivity contribution in [3.05, 3.63) is 28.2 Å². The highest BCUT2D eigenvalue weighted by Gasteiger charge is 2.70. The number of rotatable bonds is 6. The number of fused-ring (bicyclic) bond motifs is 4. The topological polar surface area (TPSA) is 87.7 Å². The molecule has 1 aromatic carbocycles. The maximum absolute atomic E-state index is 13.5. The van der Waals surface area contributed by atoms with Crippen LogP contribution in [0.1, 0.15) is 32.3 Å². The van der Waals surface area contributed by atoms with Gasteiger partial charge >= 0.3 is 0 Å². The van der Waals surface area contributed by atoms with Crippen LogP contribution in [0.15, 0.2) is 22.7 Å². The highest BCUT2D eigenvalue weighted by molar-refractivity contribution is 9.10. The second-order valence-electron chi connectivity index (χ2n) is 8.51. The Kier molecular flexibility index (Phi) is 5.29. The van der Waals surface area contributed by atoms with E-state index in [-0.39, 0.29) is 23.8 Å². The molecule has 3 heterocycles. The van der Waals surface area contributed by atoms with Gasteiger partial charge in [-0.05, 0) is 37.0 Å². The Morgan fingerprint density at radius 1 is 1.24 bits per heavy atom. The zero-order chi connectivity index (χ0) is 20.9. The molecule has 29 heavy (non-hydrogen) atoms. The van der Waals surface area contributed by atoms with Gasteiger partial charge in [-0.2, -0.15) is 0 Å². The van der Waals surface area contributed by atoms with Crippen LogP contribution in [0.5, 0.6) is 0 Å². The fourth-order valence-corrected chi connectivity index (χ4v) is 5.49. The van der Waals surface area contributed by atoms with Gasteiger partial charge in [-0.15, -0.1) is 0 Å². The lowest BCUT2D eigenvalue weighted by Crippen LogP contribution is -2.53. The predicted molar refractivity (Wildman–Crippen MR) is 111 cm³/mol. The Morgan fingerprint density at radius 2 is 2.00 bits per heavy atom. The number of hydrogen-bond donors (Lipinski definition) is 2. The van der Waals surface area contributed by atoms with Crippen LogP contribution in [0, 0.1) is 17.8 Å². The minimum absolute atomic E-state index is 0.178. The summed E-state index contributed by atoms with van der Waals surface area (Å²) in [6.07, 6.45) is 1.29. The van der Waals surface area contributed by atoms with Crippen molar-refractivity contribution in [2.75, 3.05) is 25.6 Å². The molecular formula is C21H26BrN3O4. The molecule has 0 aromatic heterocycles. The van der Waals surface area contributed by atoms with Gasteiger partial charge in [0.2, 0.25) is 17.7 Å². The van der Waals surface area contributed by atoms with Crippen LogP contribution in [0.25, 0.3) is 0 Å². The average Bonchev–Trinajstić information content (AvgIpc) is 3.22. The zero-order valence-electron chi connectivity index (χ0n) is 16.8. The second kappa shape index (κ2) is 7.49. The summed E-state index contributed by atoms with van der Waals surface area (Å²) in [5.41, 5.74) is 0.206. The Labute approximate surface area is 178 Å². The molecule has 0 bridgehead atoms. The third-order valence-electron chi connectivity index (χ3n) is 6.22. The quantitative estimate of drug-likeness (QED) is 0.498. The van der Waals surface area contributed by atoms with E-state index < -0.39 is 17.4 Å². The summed E-state index contributed by atoms with van der Waals surface area (Å²) in [5, 5.41) is 6.38. The molecule has 3 aliphatic rings.